The summed E-state index contributed by atoms with van der Waals surface area (Å²) in [4.78, 5) is 13.3. The maximum atomic E-state index is 5.93. The van der Waals surface area contributed by atoms with Crippen molar-refractivity contribution in [3.8, 4) is 0 Å². The number of fused-ring (bicyclic) bond motifs is 1. The van der Waals surface area contributed by atoms with E-state index in [-0.39, 0.29) is 12.2 Å². The molecule has 1 saturated heterocycles. The number of ether oxygens (including phenoxy) is 3. The lowest BCUT2D eigenvalue weighted by atomic mass is 9.94. The number of aryl methyl sites for hydroxylation is 2. The molecule has 120 valence electrons. The lowest BCUT2D eigenvalue weighted by molar-refractivity contribution is -0.0367. The normalized spacial score (nSPS) is 28.6. The van der Waals surface area contributed by atoms with Crippen LogP contribution in [0.3, 0.4) is 0 Å². The molecule has 0 bridgehead atoms. The van der Waals surface area contributed by atoms with Crippen LogP contribution in [0.2, 0.25) is 0 Å². The Morgan fingerprint density at radius 2 is 2.14 bits per heavy atom. The average Bonchev–Trinajstić information content (AvgIpc) is 2.98. The monoisotopic (exact) mass is 306 g/mol. The lowest BCUT2D eigenvalue weighted by Crippen LogP contribution is -2.46. The molecule has 2 aromatic rings. The minimum absolute atomic E-state index is 0.111. The molecule has 3 rings (SSSR count). The molecule has 0 radical (unpaired) electrons. The highest BCUT2D eigenvalue weighted by Gasteiger charge is 2.49. The van der Waals surface area contributed by atoms with Gasteiger partial charge in [0.1, 0.15) is 29.9 Å². The molecule has 0 amide bonds. The number of hydrogen-bond acceptors (Lipinski definition) is 6. The standard InChI is InChI=1S/C15H22N4O3/c1-9-12-14(17-8-16-9)19(10(2)18-12)15(3)7-22-11(6-20-4)13(15)21-5/h8,11,13H,6-7H2,1-5H3/t11-,13?,15+/m0/s1. The van der Waals surface area contributed by atoms with Gasteiger partial charge in [0, 0.05) is 14.2 Å². The summed E-state index contributed by atoms with van der Waals surface area (Å²) in [5.74, 6) is 0.879. The van der Waals surface area contributed by atoms with Crippen molar-refractivity contribution >= 4 is 11.2 Å². The second-order valence-electron chi connectivity index (χ2n) is 5.94. The largest absolute Gasteiger partial charge is 0.382 e. The molecule has 7 heteroatoms. The molecule has 1 aliphatic rings. The molecular formula is C15H22N4O3. The second kappa shape index (κ2) is 5.57. The Morgan fingerprint density at radius 1 is 1.36 bits per heavy atom. The Labute approximate surface area is 129 Å². The highest BCUT2D eigenvalue weighted by Crippen LogP contribution is 2.37. The summed E-state index contributed by atoms with van der Waals surface area (Å²) in [6, 6.07) is 0. The number of methoxy groups -OCH3 is 2. The van der Waals surface area contributed by atoms with Crippen molar-refractivity contribution in [3.05, 3.63) is 17.8 Å². The number of rotatable bonds is 4. The molecule has 0 aliphatic carbocycles. The fourth-order valence-electron chi connectivity index (χ4n) is 3.47. The topological polar surface area (TPSA) is 71.3 Å². The first-order valence-corrected chi connectivity index (χ1v) is 7.33. The third-order valence-corrected chi connectivity index (χ3v) is 4.43. The van der Waals surface area contributed by atoms with Crippen molar-refractivity contribution in [1.29, 1.82) is 0 Å². The van der Waals surface area contributed by atoms with Gasteiger partial charge in [0.15, 0.2) is 5.65 Å². The van der Waals surface area contributed by atoms with Gasteiger partial charge in [-0.2, -0.15) is 0 Å². The van der Waals surface area contributed by atoms with Crippen LogP contribution in [0.4, 0.5) is 0 Å². The molecule has 22 heavy (non-hydrogen) atoms. The second-order valence-corrected chi connectivity index (χ2v) is 5.94. The van der Waals surface area contributed by atoms with E-state index >= 15 is 0 Å². The molecule has 1 unspecified atom stereocenters. The highest BCUT2D eigenvalue weighted by molar-refractivity contribution is 5.74. The summed E-state index contributed by atoms with van der Waals surface area (Å²) in [5.41, 5.74) is 2.12. The van der Waals surface area contributed by atoms with Gasteiger partial charge in [0.25, 0.3) is 0 Å². The molecule has 7 nitrogen and oxygen atoms in total. The van der Waals surface area contributed by atoms with Gasteiger partial charge in [-0.1, -0.05) is 0 Å². The first kappa shape index (κ1) is 15.3. The van der Waals surface area contributed by atoms with Gasteiger partial charge in [0.2, 0.25) is 0 Å². The fraction of sp³-hybridized carbons (Fsp3) is 0.667. The fourth-order valence-corrected chi connectivity index (χ4v) is 3.47. The van der Waals surface area contributed by atoms with E-state index in [2.05, 4.69) is 26.4 Å². The van der Waals surface area contributed by atoms with Gasteiger partial charge in [-0.05, 0) is 20.8 Å². The Morgan fingerprint density at radius 3 is 2.82 bits per heavy atom. The van der Waals surface area contributed by atoms with Crippen LogP contribution < -0.4 is 0 Å². The minimum atomic E-state index is -0.391. The molecule has 3 heterocycles. The summed E-state index contributed by atoms with van der Waals surface area (Å²) in [5, 5.41) is 0. The predicted molar refractivity (Wildman–Crippen MR) is 80.9 cm³/mol. The zero-order chi connectivity index (χ0) is 15.9. The highest BCUT2D eigenvalue weighted by atomic mass is 16.6. The summed E-state index contributed by atoms with van der Waals surface area (Å²) >= 11 is 0. The van der Waals surface area contributed by atoms with E-state index in [1.54, 1.807) is 20.5 Å². The first-order chi connectivity index (χ1) is 10.5. The Hall–Kier alpha value is -1.57. The molecular weight excluding hydrogens is 284 g/mol. The van der Waals surface area contributed by atoms with Crippen molar-refractivity contribution in [2.24, 2.45) is 0 Å². The summed E-state index contributed by atoms with van der Waals surface area (Å²) in [6.07, 6.45) is 1.32. The molecule has 2 aromatic heterocycles. The molecule has 0 saturated carbocycles. The summed E-state index contributed by atoms with van der Waals surface area (Å²) < 4.78 is 19.0. The smallest absolute Gasteiger partial charge is 0.164 e. The van der Waals surface area contributed by atoms with Crippen LogP contribution in [0.15, 0.2) is 6.33 Å². The summed E-state index contributed by atoms with van der Waals surface area (Å²) in [6.45, 7) is 7.05. The van der Waals surface area contributed by atoms with Crippen LogP contribution in [-0.2, 0) is 19.7 Å². The van der Waals surface area contributed by atoms with E-state index in [0.29, 0.717) is 13.2 Å². The first-order valence-electron chi connectivity index (χ1n) is 7.33. The minimum Gasteiger partial charge on any atom is -0.382 e. The number of hydrogen-bond donors (Lipinski definition) is 0. The quantitative estimate of drug-likeness (QED) is 0.846. The average molecular weight is 306 g/mol. The zero-order valence-electron chi connectivity index (χ0n) is 13.7. The van der Waals surface area contributed by atoms with Gasteiger partial charge < -0.3 is 18.8 Å². The molecule has 0 N–H and O–H groups in total. The van der Waals surface area contributed by atoms with E-state index in [0.717, 1.165) is 22.7 Å². The van der Waals surface area contributed by atoms with Crippen LogP contribution >= 0.6 is 0 Å². The third kappa shape index (κ3) is 2.12. The van der Waals surface area contributed by atoms with Crippen LogP contribution in [0, 0.1) is 13.8 Å². The van der Waals surface area contributed by atoms with E-state index in [1.165, 1.54) is 0 Å². The van der Waals surface area contributed by atoms with Crippen molar-refractivity contribution in [1.82, 2.24) is 19.5 Å². The van der Waals surface area contributed by atoms with Gasteiger partial charge in [-0.25, -0.2) is 15.0 Å². The maximum Gasteiger partial charge on any atom is 0.164 e. The van der Waals surface area contributed by atoms with Crippen molar-refractivity contribution in [2.45, 2.75) is 38.5 Å². The van der Waals surface area contributed by atoms with E-state index < -0.39 is 5.54 Å². The number of aromatic nitrogens is 4. The maximum absolute atomic E-state index is 5.93. The van der Waals surface area contributed by atoms with Crippen molar-refractivity contribution in [2.75, 3.05) is 27.4 Å². The van der Waals surface area contributed by atoms with E-state index in [1.807, 2.05) is 13.8 Å². The zero-order valence-corrected chi connectivity index (χ0v) is 13.7. The Balaban J connectivity index is 2.14. The SMILES string of the molecule is COC[C@@H]1OC[C@@](C)(n2c(C)nc3c(C)ncnc32)C1OC. The van der Waals surface area contributed by atoms with Gasteiger partial charge in [-0.15, -0.1) is 0 Å². The number of imidazole rings is 1. The molecule has 0 spiro atoms. The van der Waals surface area contributed by atoms with E-state index in [4.69, 9.17) is 14.2 Å². The van der Waals surface area contributed by atoms with Gasteiger partial charge in [0.05, 0.1) is 24.4 Å². The van der Waals surface area contributed by atoms with Gasteiger partial charge in [-0.3, -0.25) is 0 Å². The Bertz CT molecular complexity index is 687. The Kier molecular flexibility index (Phi) is 3.88. The van der Waals surface area contributed by atoms with Crippen molar-refractivity contribution < 1.29 is 14.2 Å². The van der Waals surface area contributed by atoms with E-state index in [9.17, 15) is 0 Å². The third-order valence-electron chi connectivity index (χ3n) is 4.43. The lowest BCUT2D eigenvalue weighted by Gasteiger charge is -2.33. The predicted octanol–water partition coefficient (Wildman–Crippen LogP) is 1.22. The molecule has 3 atom stereocenters. The molecule has 1 aliphatic heterocycles. The molecule has 1 fully saturated rings. The van der Waals surface area contributed by atoms with Crippen LogP contribution in [0.1, 0.15) is 18.4 Å². The summed E-state index contributed by atoms with van der Waals surface area (Å²) in [7, 11) is 3.37. The van der Waals surface area contributed by atoms with Crippen LogP contribution in [0.5, 0.6) is 0 Å². The molecule has 0 aromatic carbocycles. The van der Waals surface area contributed by atoms with Crippen LogP contribution in [-0.4, -0.2) is 59.2 Å². The van der Waals surface area contributed by atoms with Gasteiger partial charge >= 0.3 is 0 Å². The van der Waals surface area contributed by atoms with Crippen LogP contribution in [0.25, 0.3) is 11.2 Å². The number of nitrogens with zero attached hydrogens (tertiary/aromatic N) is 4. The van der Waals surface area contributed by atoms with Crippen molar-refractivity contribution in [3.63, 3.8) is 0 Å².